The second-order valence-electron chi connectivity index (χ2n) is 5.43. The first-order valence-corrected chi connectivity index (χ1v) is 6.18. The summed E-state index contributed by atoms with van der Waals surface area (Å²) in [5.74, 6) is 0. The lowest BCUT2D eigenvalue weighted by atomic mass is 9.98. The van der Waals surface area contributed by atoms with Gasteiger partial charge >= 0.3 is 6.09 Å². The fraction of sp³-hybridized carbons (Fsp3) is 0.769. The van der Waals surface area contributed by atoms with Crippen molar-refractivity contribution in [2.45, 2.75) is 51.7 Å². The molecule has 5 heteroatoms. The molecule has 18 heavy (non-hydrogen) atoms. The van der Waals surface area contributed by atoms with Crippen LogP contribution < -0.4 is 0 Å². The van der Waals surface area contributed by atoms with Crippen LogP contribution in [0.1, 0.15) is 40.0 Å². The molecule has 1 aliphatic rings. The van der Waals surface area contributed by atoms with E-state index in [1.165, 1.54) is 0 Å². The lowest BCUT2D eigenvalue weighted by Crippen LogP contribution is -2.48. The molecule has 5 nitrogen and oxygen atoms in total. The molecular weight excluding hydrogens is 230 g/mol. The number of carbonyl (C=O) groups is 1. The van der Waals surface area contributed by atoms with Gasteiger partial charge in [0.25, 0.3) is 0 Å². The summed E-state index contributed by atoms with van der Waals surface area (Å²) in [5.41, 5.74) is 0.558. The number of ether oxygens (including phenoxy) is 1. The Hall–Kier alpha value is -1.57. The van der Waals surface area contributed by atoms with E-state index in [0.29, 0.717) is 19.4 Å². The van der Waals surface area contributed by atoms with Gasteiger partial charge in [0.2, 0.25) is 0 Å². The Morgan fingerprint density at radius 3 is 2.78 bits per heavy atom. The predicted octanol–water partition coefficient (Wildman–Crippen LogP) is 2.37. The van der Waals surface area contributed by atoms with Gasteiger partial charge in [-0.15, -0.1) is 0 Å². The molecule has 1 saturated heterocycles. The molecule has 0 aliphatic carbocycles. The van der Waals surface area contributed by atoms with Gasteiger partial charge in [-0.3, -0.25) is 4.99 Å². The highest BCUT2D eigenvalue weighted by atomic mass is 16.6. The summed E-state index contributed by atoms with van der Waals surface area (Å²) in [5, 5.41) is 8.84. The minimum Gasteiger partial charge on any atom is -0.444 e. The Labute approximate surface area is 108 Å². The number of carbonyl (C=O) groups excluding carboxylic acids is 1. The maximum Gasteiger partial charge on any atom is 0.410 e. The molecule has 0 unspecified atom stereocenters. The second-order valence-corrected chi connectivity index (χ2v) is 5.43. The lowest BCUT2D eigenvalue weighted by Gasteiger charge is -2.36. The topological polar surface area (TPSA) is 65.7 Å². The van der Waals surface area contributed by atoms with Gasteiger partial charge in [-0.2, -0.15) is 5.26 Å². The number of nitrogens with zero attached hydrogens (tertiary/aromatic N) is 3. The molecule has 0 saturated carbocycles. The third-order valence-corrected chi connectivity index (χ3v) is 2.82. The summed E-state index contributed by atoms with van der Waals surface area (Å²) >= 11 is 0. The molecule has 1 atom stereocenters. The first-order valence-electron chi connectivity index (χ1n) is 6.18. The summed E-state index contributed by atoms with van der Waals surface area (Å²) in [7, 11) is 1.75. The van der Waals surface area contributed by atoms with E-state index >= 15 is 0 Å². The van der Waals surface area contributed by atoms with Crippen molar-refractivity contribution in [2.24, 2.45) is 4.99 Å². The number of nitriles is 1. The quantitative estimate of drug-likeness (QED) is 0.718. The second kappa shape index (κ2) is 5.85. The summed E-state index contributed by atoms with van der Waals surface area (Å²) in [6.45, 7) is 6.10. The van der Waals surface area contributed by atoms with Crippen molar-refractivity contribution >= 4 is 11.8 Å². The third kappa shape index (κ3) is 4.02. The van der Waals surface area contributed by atoms with Crippen LogP contribution in [0, 0.1) is 11.3 Å². The molecule has 0 aromatic carbocycles. The summed E-state index contributed by atoms with van der Waals surface area (Å²) in [4.78, 5) is 17.9. The first-order chi connectivity index (χ1) is 8.37. The van der Waals surface area contributed by atoms with Crippen molar-refractivity contribution in [3.63, 3.8) is 0 Å². The van der Waals surface area contributed by atoms with E-state index in [0.717, 1.165) is 12.1 Å². The van der Waals surface area contributed by atoms with Crippen LogP contribution in [-0.2, 0) is 4.74 Å². The number of aliphatic imine (C=N–C) groups is 1. The van der Waals surface area contributed by atoms with Gasteiger partial charge in [0, 0.05) is 32.1 Å². The average Bonchev–Trinajstić information content (AvgIpc) is 2.27. The molecule has 0 aromatic heterocycles. The lowest BCUT2D eigenvalue weighted by molar-refractivity contribution is 0.0159. The Bertz CT molecular complexity index is 377. The van der Waals surface area contributed by atoms with E-state index in [-0.39, 0.29) is 12.1 Å². The Morgan fingerprint density at radius 1 is 1.61 bits per heavy atom. The molecule has 0 radical (unpaired) electrons. The molecular formula is C13H21N3O2. The monoisotopic (exact) mass is 251 g/mol. The van der Waals surface area contributed by atoms with Crippen molar-refractivity contribution < 1.29 is 9.53 Å². The molecule has 0 bridgehead atoms. The van der Waals surface area contributed by atoms with E-state index in [9.17, 15) is 4.79 Å². The van der Waals surface area contributed by atoms with Gasteiger partial charge in [0.15, 0.2) is 0 Å². The minimum atomic E-state index is -0.507. The van der Waals surface area contributed by atoms with Gasteiger partial charge < -0.3 is 9.64 Å². The smallest absolute Gasteiger partial charge is 0.410 e. The van der Waals surface area contributed by atoms with E-state index in [4.69, 9.17) is 10.00 Å². The average molecular weight is 251 g/mol. The van der Waals surface area contributed by atoms with Crippen molar-refractivity contribution in [2.75, 3.05) is 13.6 Å². The Morgan fingerprint density at radius 2 is 2.28 bits per heavy atom. The fourth-order valence-electron chi connectivity index (χ4n) is 1.97. The summed E-state index contributed by atoms with van der Waals surface area (Å²) in [6, 6.07) is 2.01. The largest absolute Gasteiger partial charge is 0.444 e. The zero-order chi connectivity index (χ0) is 13.8. The van der Waals surface area contributed by atoms with E-state index in [2.05, 4.69) is 11.1 Å². The molecule has 100 valence electrons. The molecule has 1 amide bonds. The molecule has 1 fully saturated rings. The van der Waals surface area contributed by atoms with E-state index in [1.807, 2.05) is 20.8 Å². The zero-order valence-corrected chi connectivity index (χ0v) is 11.6. The van der Waals surface area contributed by atoms with Crippen LogP contribution in [0.15, 0.2) is 4.99 Å². The summed E-state index contributed by atoms with van der Waals surface area (Å²) in [6.07, 6.45) is 1.41. The highest BCUT2D eigenvalue weighted by Crippen LogP contribution is 2.21. The van der Waals surface area contributed by atoms with Gasteiger partial charge in [-0.05, 0) is 20.8 Å². The molecule has 1 aliphatic heterocycles. The van der Waals surface area contributed by atoms with Crippen LogP contribution in [0.3, 0.4) is 0 Å². The minimum absolute atomic E-state index is 0.114. The zero-order valence-electron chi connectivity index (χ0n) is 11.6. The van der Waals surface area contributed by atoms with Gasteiger partial charge in [-0.1, -0.05) is 0 Å². The Kier molecular flexibility index (Phi) is 4.71. The third-order valence-electron chi connectivity index (χ3n) is 2.82. The molecule has 0 N–H and O–H groups in total. The van der Waals surface area contributed by atoms with Crippen LogP contribution in [0.25, 0.3) is 0 Å². The first kappa shape index (κ1) is 14.5. The maximum atomic E-state index is 12.0. The van der Waals surface area contributed by atoms with Crippen LogP contribution in [0.5, 0.6) is 0 Å². The normalized spacial score (nSPS) is 22.7. The van der Waals surface area contributed by atoms with Gasteiger partial charge in [0.05, 0.1) is 18.5 Å². The van der Waals surface area contributed by atoms with Crippen molar-refractivity contribution in [1.29, 1.82) is 5.26 Å². The van der Waals surface area contributed by atoms with E-state index < -0.39 is 5.60 Å². The molecule has 0 spiro atoms. The number of amides is 1. The number of hydrogen-bond acceptors (Lipinski definition) is 4. The highest BCUT2D eigenvalue weighted by Gasteiger charge is 2.32. The molecule has 0 aromatic rings. The van der Waals surface area contributed by atoms with E-state index in [1.54, 1.807) is 11.9 Å². The SMILES string of the molecule is CN=C1CCN(C(=O)OC(C)(C)C)[C@H](CC#N)C1. The standard InChI is InChI=1S/C13H21N3O2/c1-13(2,3)18-12(17)16-8-6-10(15-4)9-11(16)5-7-14/h11H,5-6,8-9H2,1-4H3/t11-/m1/s1. The number of piperidine rings is 1. The molecule has 1 rings (SSSR count). The van der Waals surface area contributed by atoms with Crippen molar-refractivity contribution in [3.05, 3.63) is 0 Å². The van der Waals surface area contributed by atoms with Gasteiger partial charge in [-0.25, -0.2) is 4.79 Å². The number of likely N-dealkylation sites (tertiary alicyclic amines) is 1. The van der Waals surface area contributed by atoms with Crippen LogP contribution in [0.4, 0.5) is 4.79 Å². The van der Waals surface area contributed by atoms with Crippen LogP contribution >= 0.6 is 0 Å². The van der Waals surface area contributed by atoms with Crippen molar-refractivity contribution in [1.82, 2.24) is 4.90 Å². The molecule has 1 heterocycles. The van der Waals surface area contributed by atoms with Crippen LogP contribution in [0.2, 0.25) is 0 Å². The number of hydrogen-bond donors (Lipinski definition) is 0. The van der Waals surface area contributed by atoms with Gasteiger partial charge in [0.1, 0.15) is 5.60 Å². The van der Waals surface area contributed by atoms with Crippen molar-refractivity contribution in [3.8, 4) is 6.07 Å². The maximum absolute atomic E-state index is 12.0. The van der Waals surface area contributed by atoms with Crippen LogP contribution in [-0.4, -0.2) is 41.9 Å². The fourth-order valence-corrected chi connectivity index (χ4v) is 1.97. The Balaban J connectivity index is 2.74. The highest BCUT2D eigenvalue weighted by molar-refractivity contribution is 5.87. The predicted molar refractivity (Wildman–Crippen MR) is 69.6 cm³/mol. The summed E-state index contributed by atoms with van der Waals surface area (Å²) < 4.78 is 5.36. The number of rotatable bonds is 1.